The lowest BCUT2D eigenvalue weighted by Crippen LogP contribution is -2.48. The number of likely N-dealkylation sites (tertiary alicyclic amines) is 1. The molecular formula is C20H25NO5. The first-order valence-corrected chi connectivity index (χ1v) is 8.76. The van der Waals surface area contributed by atoms with E-state index in [-0.39, 0.29) is 24.3 Å². The van der Waals surface area contributed by atoms with Gasteiger partial charge in [-0.05, 0) is 50.5 Å². The summed E-state index contributed by atoms with van der Waals surface area (Å²) in [5.74, 6) is 1.06. The van der Waals surface area contributed by atoms with Crippen molar-refractivity contribution >= 4 is 5.91 Å². The van der Waals surface area contributed by atoms with Gasteiger partial charge in [0.15, 0.2) is 5.76 Å². The number of ether oxygens (including phenoxy) is 1. The Morgan fingerprint density at radius 2 is 2.08 bits per heavy atom. The molecule has 2 aromatic rings. The summed E-state index contributed by atoms with van der Waals surface area (Å²) in [6.45, 7) is 3.83. The highest BCUT2D eigenvalue weighted by atomic mass is 16.5. The molecule has 0 radical (unpaired) electrons. The summed E-state index contributed by atoms with van der Waals surface area (Å²) in [5, 5.41) is 20.5. The van der Waals surface area contributed by atoms with E-state index in [1.54, 1.807) is 44.1 Å². The average molecular weight is 359 g/mol. The van der Waals surface area contributed by atoms with Gasteiger partial charge in [0.25, 0.3) is 5.91 Å². The first-order chi connectivity index (χ1) is 12.4. The number of rotatable bonds is 5. The van der Waals surface area contributed by atoms with E-state index in [0.29, 0.717) is 30.0 Å². The fourth-order valence-electron chi connectivity index (χ4n) is 3.68. The van der Waals surface area contributed by atoms with Crippen molar-refractivity contribution in [2.45, 2.75) is 44.9 Å². The fourth-order valence-corrected chi connectivity index (χ4v) is 3.68. The van der Waals surface area contributed by atoms with Crippen molar-refractivity contribution in [3.63, 3.8) is 0 Å². The van der Waals surface area contributed by atoms with Crippen LogP contribution in [0.25, 0.3) is 0 Å². The molecule has 2 N–H and O–H groups in total. The van der Waals surface area contributed by atoms with Crippen LogP contribution in [0.4, 0.5) is 0 Å². The lowest BCUT2D eigenvalue weighted by Gasteiger charge is -2.36. The maximum Gasteiger partial charge on any atom is 0.290 e. The Labute approximate surface area is 153 Å². The first kappa shape index (κ1) is 18.5. The van der Waals surface area contributed by atoms with E-state index in [9.17, 15) is 15.0 Å². The number of furan rings is 1. The quantitative estimate of drug-likeness (QED) is 0.857. The lowest BCUT2D eigenvalue weighted by molar-refractivity contribution is -0.0186. The third-order valence-electron chi connectivity index (χ3n) is 5.16. The number of hydrogen-bond donors (Lipinski definition) is 2. The Bertz CT molecular complexity index is 778. The van der Waals surface area contributed by atoms with Gasteiger partial charge >= 0.3 is 0 Å². The highest BCUT2D eigenvalue weighted by Crippen LogP contribution is 2.36. The summed E-state index contributed by atoms with van der Waals surface area (Å²) < 4.78 is 10.7. The van der Waals surface area contributed by atoms with Crippen LogP contribution in [-0.2, 0) is 12.2 Å². The predicted molar refractivity (Wildman–Crippen MR) is 96.0 cm³/mol. The number of aryl methyl sites for hydroxylation is 1. The molecule has 6 heteroatoms. The largest absolute Gasteiger partial charge is 0.497 e. The van der Waals surface area contributed by atoms with Crippen LogP contribution in [0, 0.1) is 6.92 Å². The minimum atomic E-state index is -1.20. The predicted octanol–water partition coefficient (Wildman–Crippen LogP) is 2.60. The number of methoxy groups -OCH3 is 1. The molecule has 2 heterocycles. The van der Waals surface area contributed by atoms with Gasteiger partial charge in [0.05, 0.1) is 13.2 Å². The molecule has 140 valence electrons. The molecule has 0 spiro atoms. The normalized spacial score (nSPS) is 19.4. The lowest BCUT2D eigenvalue weighted by atomic mass is 9.86. The standard InChI is InChI=1S/C20H25NO5/c1-13-11-16(12-22)26-18(13)19(23)21-10-4-5-17(21)20(2,24)14-6-8-15(25-3)9-7-14/h6-9,11,17,22,24H,4-5,10,12H2,1-3H3/t17-,20+/m0/s1. The number of benzene rings is 1. The van der Waals surface area contributed by atoms with Crippen molar-refractivity contribution in [3.05, 3.63) is 53.0 Å². The van der Waals surface area contributed by atoms with Crippen LogP contribution in [0.2, 0.25) is 0 Å². The van der Waals surface area contributed by atoms with Gasteiger partial charge in [-0.1, -0.05) is 12.1 Å². The van der Waals surface area contributed by atoms with Crippen molar-refractivity contribution in [2.24, 2.45) is 0 Å². The van der Waals surface area contributed by atoms with Gasteiger partial charge in [-0.25, -0.2) is 0 Å². The van der Waals surface area contributed by atoms with E-state index < -0.39 is 5.60 Å². The Morgan fingerprint density at radius 1 is 1.38 bits per heavy atom. The van der Waals surface area contributed by atoms with Crippen LogP contribution in [-0.4, -0.2) is 40.7 Å². The Morgan fingerprint density at radius 3 is 2.65 bits per heavy atom. The third-order valence-corrected chi connectivity index (χ3v) is 5.16. The summed E-state index contributed by atoms with van der Waals surface area (Å²) in [7, 11) is 1.59. The molecule has 6 nitrogen and oxygen atoms in total. The van der Waals surface area contributed by atoms with Crippen LogP contribution >= 0.6 is 0 Å². The zero-order chi connectivity index (χ0) is 18.9. The Kier molecular flexibility index (Phi) is 5.07. The molecule has 1 amide bonds. The molecule has 1 aromatic carbocycles. The second kappa shape index (κ2) is 7.13. The number of amides is 1. The average Bonchev–Trinajstić information content (AvgIpc) is 3.28. The molecule has 0 aliphatic carbocycles. The van der Waals surface area contributed by atoms with E-state index in [1.807, 2.05) is 12.1 Å². The molecular weight excluding hydrogens is 334 g/mol. The fraction of sp³-hybridized carbons (Fsp3) is 0.450. The first-order valence-electron chi connectivity index (χ1n) is 8.76. The molecule has 1 aliphatic rings. The van der Waals surface area contributed by atoms with Crippen molar-refractivity contribution < 1.29 is 24.2 Å². The van der Waals surface area contributed by atoms with Gasteiger partial charge in [-0.3, -0.25) is 4.79 Å². The monoisotopic (exact) mass is 359 g/mol. The second-order valence-corrected chi connectivity index (χ2v) is 6.92. The second-order valence-electron chi connectivity index (χ2n) is 6.92. The number of carbonyl (C=O) groups is 1. The van der Waals surface area contributed by atoms with Crippen molar-refractivity contribution in [3.8, 4) is 5.75 Å². The number of aliphatic hydroxyl groups is 2. The minimum Gasteiger partial charge on any atom is -0.497 e. The molecule has 26 heavy (non-hydrogen) atoms. The van der Waals surface area contributed by atoms with Crippen LogP contribution in [0.15, 0.2) is 34.7 Å². The van der Waals surface area contributed by atoms with Crippen molar-refractivity contribution in [1.29, 1.82) is 0 Å². The molecule has 3 rings (SSSR count). The van der Waals surface area contributed by atoms with Crippen LogP contribution < -0.4 is 4.74 Å². The van der Waals surface area contributed by atoms with Gasteiger partial charge in [-0.2, -0.15) is 0 Å². The van der Waals surface area contributed by atoms with E-state index in [0.717, 1.165) is 12.0 Å². The molecule has 2 atom stereocenters. The zero-order valence-electron chi connectivity index (χ0n) is 15.4. The summed E-state index contributed by atoms with van der Waals surface area (Å²) in [4.78, 5) is 14.7. The highest BCUT2D eigenvalue weighted by molar-refractivity contribution is 5.93. The summed E-state index contributed by atoms with van der Waals surface area (Å²) in [6.07, 6.45) is 1.52. The smallest absolute Gasteiger partial charge is 0.290 e. The van der Waals surface area contributed by atoms with Crippen LogP contribution in [0.1, 0.15) is 47.2 Å². The molecule has 0 unspecified atom stereocenters. The summed E-state index contributed by atoms with van der Waals surface area (Å²) in [5.41, 5.74) is 0.225. The number of nitrogens with zero attached hydrogens (tertiary/aromatic N) is 1. The summed E-state index contributed by atoms with van der Waals surface area (Å²) >= 11 is 0. The SMILES string of the molecule is COc1ccc([C@@](C)(O)[C@@H]2CCCN2C(=O)c2oc(CO)cc2C)cc1. The Balaban J connectivity index is 1.88. The van der Waals surface area contributed by atoms with E-state index >= 15 is 0 Å². The molecule has 1 fully saturated rings. The highest BCUT2D eigenvalue weighted by Gasteiger charge is 2.43. The van der Waals surface area contributed by atoms with Gasteiger partial charge < -0.3 is 24.3 Å². The molecule has 1 saturated heterocycles. The minimum absolute atomic E-state index is 0.228. The molecule has 1 aromatic heterocycles. The molecule has 1 aliphatic heterocycles. The Hall–Kier alpha value is -2.31. The van der Waals surface area contributed by atoms with Gasteiger partial charge in [0.1, 0.15) is 23.7 Å². The number of hydrogen-bond acceptors (Lipinski definition) is 5. The van der Waals surface area contributed by atoms with Crippen LogP contribution in [0.5, 0.6) is 5.75 Å². The van der Waals surface area contributed by atoms with Gasteiger partial charge in [0.2, 0.25) is 0 Å². The van der Waals surface area contributed by atoms with Gasteiger partial charge in [0, 0.05) is 12.1 Å². The number of aliphatic hydroxyl groups excluding tert-OH is 1. The third kappa shape index (κ3) is 3.22. The molecule has 0 saturated carbocycles. The van der Waals surface area contributed by atoms with E-state index in [2.05, 4.69) is 0 Å². The van der Waals surface area contributed by atoms with Crippen molar-refractivity contribution in [1.82, 2.24) is 4.90 Å². The van der Waals surface area contributed by atoms with E-state index in [4.69, 9.17) is 9.15 Å². The van der Waals surface area contributed by atoms with Crippen LogP contribution in [0.3, 0.4) is 0 Å². The summed E-state index contributed by atoms with van der Waals surface area (Å²) in [6, 6.07) is 8.55. The maximum atomic E-state index is 13.0. The molecule has 0 bridgehead atoms. The van der Waals surface area contributed by atoms with Gasteiger partial charge in [-0.15, -0.1) is 0 Å². The van der Waals surface area contributed by atoms with Crippen molar-refractivity contribution in [2.75, 3.05) is 13.7 Å². The zero-order valence-corrected chi connectivity index (χ0v) is 15.4. The maximum absolute atomic E-state index is 13.0. The topological polar surface area (TPSA) is 83.1 Å². The number of carbonyl (C=O) groups excluding carboxylic acids is 1. The van der Waals surface area contributed by atoms with E-state index in [1.165, 1.54) is 0 Å².